The number of Topliss-reactive ketones (excluding diaryl/α,β-unsaturated/α-hetero) is 1. The van der Waals surface area contributed by atoms with Crippen LogP contribution in [-0.4, -0.2) is 41.4 Å². The van der Waals surface area contributed by atoms with Crippen LogP contribution in [0.3, 0.4) is 0 Å². The van der Waals surface area contributed by atoms with Crippen LogP contribution in [0.1, 0.15) is 31.7 Å². The molecule has 1 fully saturated rings. The summed E-state index contributed by atoms with van der Waals surface area (Å²) in [5, 5.41) is 4.37. The SMILES string of the molecule is CCOC(=O)C1(Cc2cc(CC)nn2C)COCCC1=O. The average molecular weight is 294 g/mol. The van der Waals surface area contributed by atoms with E-state index in [0.29, 0.717) is 6.61 Å². The molecule has 21 heavy (non-hydrogen) atoms. The largest absolute Gasteiger partial charge is 0.465 e. The van der Waals surface area contributed by atoms with E-state index in [-0.39, 0.29) is 31.8 Å². The molecule has 0 aliphatic carbocycles. The number of ether oxygens (including phenoxy) is 2. The third-order valence-corrected chi connectivity index (χ3v) is 3.89. The fourth-order valence-corrected chi connectivity index (χ4v) is 2.61. The Kier molecular flexibility index (Phi) is 4.77. The Labute approximate surface area is 124 Å². The highest BCUT2D eigenvalue weighted by Gasteiger charge is 2.49. The van der Waals surface area contributed by atoms with Crippen LogP contribution in [0, 0.1) is 5.41 Å². The molecule has 6 heteroatoms. The molecular weight excluding hydrogens is 272 g/mol. The predicted octanol–water partition coefficient (Wildman–Crippen LogP) is 1.06. The maximum absolute atomic E-state index is 12.4. The van der Waals surface area contributed by atoms with Crippen molar-refractivity contribution in [3.63, 3.8) is 0 Å². The van der Waals surface area contributed by atoms with Gasteiger partial charge in [0, 0.05) is 25.6 Å². The van der Waals surface area contributed by atoms with Crippen molar-refractivity contribution in [1.82, 2.24) is 9.78 Å². The van der Waals surface area contributed by atoms with Crippen LogP contribution in [0.4, 0.5) is 0 Å². The van der Waals surface area contributed by atoms with Crippen molar-refractivity contribution in [3.05, 3.63) is 17.5 Å². The van der Waals surface area contributed by atoms with Crippen LogP contribution in [0.25, 0.3) is 0 Å². The van der Waals surface area contributed by atoms with Crippen molar-refractivity contribution in [2.75, 3.05) is 19.8 Å². The van der Waals surface area contributed by atoms with E-state index in [1.165, 1.54) is 0 Å². The third kappa shape index (κ3) is 3.00. The minimum Gasteiger partial charge on any atom is -0.465 e. The molecule has 1 aliphatic rings. The van der Waals surface area contributed by atoms with Gasteiger partial charge in [-0.25, -0.2) is 0 Å². The van der Waals surface area contributed by atoms with E-state index >= 15 is 0 Å². The third-order valence-electron chi connectivity index (χ3n) is 3.89. The standard InChI is InChI=1S/C15H22N2O4/c1-4-11-8-12(17(3)16-11)9-15(14(19)21-5-2)10-20-7-6-13(15)18/h8H,4-7,9-10H2,1-3H3. The number of aryl methyl sites for hydroxylation is 2. The van der Waals surface area contributed by atoms with E-state index in [2.05, 4.69) is 5.10 Å². The lowest BCUT2D eigenvalue weighted by atomic mass is 9.77. The second kappa shape index (κ2) is 6.39. The zero-order valence-corrected chi connectivity index (χ0v) is 12.8. The van der Waals surface area contributed by atoms with Crippen molar-refractivity contribution in [2.45, 2.75) is 33.1 Å². The molecule has 1 unspecified atom stereocenters. The van der Waals surface area contributed by atoms with Gasteiger partial charge in [0.25, 0.3) is 0 Å². The Morgan fingerprint density at radius 3 is 2.86 bits per heavy atom. The molecule has 0 aromatic carbocycles. The van der Waals surface area contributed by atoms with Gasteiger partial charge in [-0.3, -0.25) is 14.3 Å². The number of carbonyl (C=O) groups is 2. The maximum Gasteiger partial charge on any atom is 0.322 e. The number of esters is 1. The van der Waals surface area contributed by atoms with Gasteiger partial charge >= 0.3 is 5.97 Å². The molecule has 0 amide bonds. The monoisotopic (exact) mass is 294 g/mol. The molecule has 2 heterocycles. The minimum atomic E-state index is -1.23. The highest BCUT2D eigenvalue weighted by molar-refractivity contribution is 6.04. The quantitative estimate of drug-likeness (QED) is 0.600. The highest BCUT2D eigenvalue weighted by atomic mass is 16.5. The van der Waals surface area contributed by atoms with E-state index in [9.17, 15) is 9.59 Å². The fourth-order valence-electron chi connectivity index (χ4n) is 2.61. The summed E-state index contributed by atoms with van der Waals surface area (Å²) in [5.74, 6) is -0.597. The molecule has 1 aromatic rings. The number of rotatable bonds is 5. The molecule has 6 nitrogen and oxygen atoms in total. The molecule has 1 aliphatic heterocycles. The van der Waals surface area contributed by atoms with Gasteiger partial charge in [-0.05, 0) is 19.4 Å². The summed E-state index contributed by atoms with van der Waals surface area (Å²) in [5.41, 5.74) is 0.557. The summed E-state index contributed by atoms with van der Waals surface area (Å²) >= 11 is 0. The van der Waals surface area contributed by atoms with Crippen molar-refractivity contribution in [2.24, 2.45) is 12.5 Å². The first-order valence-electron chi connectivity index (χ1n) is 7.33. The normalized spacial score (nSPS) is 22.3. The Morgan fingerprint density at radius 2 is 2.29 bits per heavy atom. The number of carbonyl (C=O) groups excluding carboxylic acids is 2. The van der Waals surface area contributed by atoms with Gasteiger partial charge in [0.1, 0.15) is 0 Å². The van der Waals surface area contributed by atoms with Crippen LogP contribution in [0.5, 0.6) is 0 Å². The van der Waals surface area contributed by atoms with Gasteiger partial charge in [0.2, 0.25) is 0 Å². The average Bonchev–Trinajstić information content (AvgIpc) is 2.82. The van der Waals surface area contributed by atoms with Crippen LogP contribution < -0.4 is 0 Å². The van der Waals surface area contributed by atoms with Gasteiger partial charge < -0.3 is 9.47 Å². The first kappa shape index (κ1) is 15.7. The first-order chi connectivity index (χ1) is 10.0. The summed E-state index contributed by atoms with van der Waals surface area (Å²) in [6, 6.07) is 1.93. The van der Waals surface area contributed by atoms with Crippen LogP contribution in [0.2, 0.25) is 0 Å². The second-order valence-corrected chi connectivity index (χ2v) is 5.31. The van der Waals surface area contributed by atoms with E-state index in [4.69, 9.17) is 9.47 Å². The van der Waals surface area contributed by atoms with Crippen molar-refractivity contribution in [1.29, 1.82) is 0 Å². The molecule has 0 saturated carbocycles. The zero-order valence-electron chi connectivity index (χ0n) is 12.8. The Bertz CT molecular complexity index is 538. The first-order valence-corrected chi connectivity index (χ1v) is 7.33. The molecule has 1 aromatic heterocycles. The molecule has 0 spiro atoms. The molecule has 2 rings (SSSR count). The number of hydrogen-bond acceptors (Lipinski definition) is 5. The van der Waals surface area contributed by atoms with E-state index in [1.54, 1.807) is 11.6 Å². The molecular formula is C15H22N2O4. The van der Waals surface area contributed by atoms with Gasteiger partial charge in [-0.1, -0.05) is 6.92 Å². The highest BCUT2D eigenvalue weighted by Crippen LogP contribution is 2.31. The van der Waals surface area contributed by atoms with Crippen LogP contribution >= 0.6 is 0 Å². The lowest BCUT2D eigenvalue weighted by Crippen LogP contribution is -2.50. The lowest BCUT2D eigenvalue weighted by molar-refractivity contribution is -0.169. The van der Waals surface area contributed by atoms with Gasteiger partial charge in [-0.2, -0.15) is 5.10 Å². The van der Waals surface area contributed by atoms with Crippen molar-refractivity contribution >= 4 is 11.8 Å². The minimum absolute atomic E-state index is 0.0807. The Balaban J connectivity index is 2.33. The molecule has 116 valence electrons. The Hall–Kier alpha value is -1.69. The molecule has 0 bridgehead atoms. The number of nitrogens with zero attached hydrogens (tertiary/aromatic N) is 2. The number of hydrogen-bond donors (Lipinski definition) is 0. The number of ketones is 1. The van der Waals surface area contributed by atoms with Crippen LogP contribution in [-0.2, 0) is 39.0 Å². The van der Waals surface area contributed by atoms with E-state index in [1.807, 2.05) is 20.0 Å². The molecule has 1 atom stereocenters. The number of aromatic nitrogens is 2. The lowest BCUT2D eigenvalue weighted by Gasteiger charge is -2.33. The molecule has 0 radical (unpaired) electrons. The summed E-state index contributed by atoms with van der Waals surface area (Å²) in [7, 11) is 1.82. The zero-order chi connectivity index (χ0) is 15.5. The Morgan fingerprint density at radius 1 is 1.52 bits per heavy atom. The van der Waals surface area contributed by atoms with E-state index < -0.39 is 11.4 Å². The summed E-state index contributed by atoms with van der Waals surface area (Å²) in [6.45, 7) is 4.45. The predicted molar refractivity (Wildman–Crippen MR) is 75.8 cm³/mol. The summed E-state index contributed by atoms with van der Waals surface area (Å²) in [4.78, 5) is 24.8. The second-order valence-electron chi connectivity index (χ2n) is 5.31. The van der Waals surface area contributed by atoms with Gasteiger partial charge in [0.05, 0.1) is 25.5 Å². The van der Waals surface area contributed by atoms with Gasteiger partial charge in [-0.15, -0.1) is 0 Å². The fraction of sp³-hybridized carbons (Fsp3) is 0.667. The smallest absolute Gasteiger partial charge is 0.322 e. The van der Waals surface area contributed by atoms with E-state index in [0.717, 1.165) is 17.8 Å². The van der Waals surface area contributed by atoms with Crippen LogP contribution in [0.15, 0.2) is 6.07 Å². The topological polar surface area (TPSA) is 70.4 Å². The summed E-state index contributed by atoms with van der Waals surface area (Å²) < 4.78 is 12.3. The molecule has 1 saturated heterocycles. The van der Waals surface area contributed by atoms with Crippen molar-refractivity contribution < 1.29 is 19.1 Å². The molecule has 0 N–H and O–H groups in total. The summed E-state index contributed by atoms with van der Waals surface area (Å²) in [6.07, 6.45) is 1.33. The maximum atomic E-state index is 12.4. The van der Waals surface area contributed by atoms with Gasteiger partial charge in [0.15, 0.2) is 11.2 Å². The van der Waals surface area contributed by atoms with Crippen molar-refractivity contribution in [3.8, 4) is 0 Å².